The molecule has 0 radical (unpaired) electrons. The monoisotopic (exact) mass is 359 g/mol. The highest BCUT2D eigenvalue weighted by molar-refractivity contribution is 7.20. The molecule has 3 aromatic rings. The molecule has 6 heteroatoms. The Bertz CT molecular complexity index is 779. The van der Waals surface area contributed by atoms with E-state index in [1.165, 1.54) is 0 Å². The number of carbonyl (C=O) groups excluding carboxylic acids is 1. The summed E-state index contributed by atoms with van der Waals surface area (Å²) in [5, 5.41) is 4.85. The number of benzene rings is 1. The van der Waals surface area contributed by atoms with Crippen LogP contribution in [0.2, 0.25) is 0 Å². The normalized spacial score (nSPS) is 10.5. The Morgan fingerprint density at radius 1 is 1.12 bits per heavy atom. The van der Waals surface area contributed by atoms with E-state index in [2.05, 4.69) is 11.9 Å². The zero-order chi connectivity index (χ0) is 16.8. The van der Waals surface area contributed by atoms with Crippen LogP contribution in [-0.2, 0) is 11.2 Å². The van der Waals surface area contributed by atoms with E-state index in [0.717, 1.165) is 27.7 Å². The van der Waals surface area contributed by atoms with Gasteiger partial charge in [-0.05, 0) is 42.1 Å². The molecule has 0 saturated carbocycles. The molecule has 0 aliphatic heterocycles. The van der Waals surface area contributed by atoms with Crippen molar-refractivity contribution >= 4 is 28.6 Å². The van der Waals surface area contributed by atoms with Crippen molar-refractivity contribution in [3.8, 4) is 21.4 Å². The molecule has 0 aliphatic carbocycles. The molecule has 24 heavy (non-hydrogen) atoms. The fourth-order valence-corrected chi connectivity index (χ4v) is 3.67. The molecule has 1 aromatic carbocycles. The average Bonchev–Trinajstić information content (AvgIpc) is 3.25. The Balaban J connectivity index is 1.55. The second-order valence-electron chi connectivity index (χ2n) is 5.09. The number of hydrogen-bond donors (Lipinski definition) is 0. The summed E-state index contributed by atoms with van der Waals surface area (Å²) in [6.07, 6.45) is 1.12. The van der Waals surface area contributed by atoms with Crippen LogP contribution in [-0.4, -0.2) is 17.6 Å². The minimum atomic E-state index is -0.319. The minimum absolute atomic E-state index is 0.163. The smallest absolute Gasteiger partial charge is 0.317 e. The molecule has 0 fully saturated rings. The third kappa shape index (κ3) is 4.43. The second-order valence-corrected chi connectivity index (χ2v) is 6.90. The zero-order valence-corrected chi connectivity index (χ0v) is 14.9. The molecule has 0 saturated heterocycles. The highest BCUT2D eigenvalue weighted by Crippen LogP contribution is 2.28. The fraction of sp³-hybridized carbons (Fsp3) is 0.222. The molecular weight excluding hydrogens is 342 g/mol. The summed E-state index contributed by atoms with van der Waals surface area (Å²) in [5.74, 6) is 0.967. The van der Waals surface area contributed by atoms with E-state index in [4.69, 9.17) is 9.47 Å². The summed E-state index contributed by atoms with van der Waals surface area (Å²) in [4.78, 5) is 17.7. The summed E-state index contributed by atoms with van der Waals surface area (Å²) in [6, 6.07) is 11.1. The minimum Gasteiger partial charge on any atom is -0.494 e. The Hall–Kier alpha value is -2.18. The van der Waals surface area contributed by atoms with Crippen molar-refractivity contribution in [3.63, 3.8) is 0 Å². The van der Waals surface area contributed by atoms with Crippen LogP contribution in [0.25, 0.3) is 9.88 Å². The van der Waals surface area contributed by atoms with Gasteiger partial charge in [0.25, 0.3) is 0 Å². The van der Waals surface area contributed by atoms with Crippen molar-refractivity contribution in [2.75, 3.05) is 6.61 Å². The molecule has 124 valence electrons. The van der Waals surface area contributed by atoms with E-state index < -0.39 is 0 Å². The van der Waals surface area contributed by atoms with Crippen molar-refractivity contribution in [1.29, 1.82) is 0 Å². The Labute approximate surface area is 148 Å². The first-order valence-corrected chi connectivity index (χ1v) is 9.42. The summed E-state index contributed by atoms with van der Waals surface area (Å²) >= 11 is 3.18. The van der Waals surface area contributed by atoms with Crippen molar-refractivity contribution in [1.82, 2.24) is 4.98 Å². The van der Waals surface area contributed by atoms with Gasteiger partial charge in [-0.1, -0.05) is 13.0 Å². The van der Waals surface area contributed by atoms with Gasteiger partial charge >= 0.3 is 5.97 Å². The molecule has 0 amide bonds. The first-order chi connectivity index (χ1) is 11.7. The lowest BCUT2D eigenvalue weighted by Gasteiger charge is -2.06. The SMILES string of the molecule is CCCOc1ccc(OC(=O)Cc2csc(-c3cccs3)n2)cc1. The number of ether oxygens (including phenoxy) is 2. The first-order valence-electron chi connectivity index (χ1n) is 7.66. The van der Waals surface area contributed by atoms with Gasteiger partial charge in [0.15, 0.2) is 0 Å². The number of thiophene rings is 1. The molecule has 0 unspecified atom stereocenters. The molecule has 0 bridgehead atoms. The van der Waals surface area contributed by atoms with Crippen LogP contribution < -0.4 is 9.47 Å². The van der Waals surface area contributed by atoms with Gasteiger partial charge in [0.05, 0.1) is 23.6 Å². The van der Waals surface area contributed by atoms with Gasteiger partial charge in [-0.2, -0.15) is 0 Å². The molecule has 0 spiro atoms. The van der Waals surface area contributed by atoms with Crippen molar-refractivity contribution < 1.29 is 14.3 Å². The van der Waals surface area contributed by atoms with Crippen LogP contribution >= 0.6 is 22.7 Å². The van der Waals surface area contributed by atoms with Gasteiger partial charge in [-0.25, -0.2) is 4.98 Å². The Kier molecular flexibility index (Phi) is 5.61. The average molecular weight is 359 g/mol. The highest BCUT2D eigenvalue weighted by Gasteiger charge is 2.11. The molecule has 3 rings (SSSR count). The Morgan fingerprint density at radius 3 is 2.62 bits per heavy atom. The zero-order valence-electron chi connectivity index (χ0n) is 13.2. The highest BCUT2D eigenvalue weighted by atomic mass is 32.1. The molecule has 4 nitrogen and oxygen atoms in total. The number of esters is 1. The van der Waals surface area contributed by atoms with Gasteiger partial charge in [-0.15, -0.1) is 22.7 Å². The van der Waals surface area contributed by atoms with E-state index in [-0.39, 0.29) is 12.4 Å². The van der Waals surface area contributed by atoms with E-state index >= 15 is 0 Å². The molecule has 0 N–H and O–H groups in total. The number of nitrogens with zero attached hydrogens (tertiary/aromatic N) is 1. The second kappa shape index (κ2) is 8.08. The van der Waals surface area contributed by atoms with Gasteiger partial charge < -0.3 is 9.47 Å². The van der Waals surface area contributed by atoms with Gasteiger partial charge in [0.1, 0.15) is 16.5 Å². The first kappa shape index (κ1) is 16.7. The van der Waals surface area contributed by atoms with E-state index in [9.17, 15) is 4.79 Å². The molecule has 2 heterocycles. The molecule has 0 aliphatic rings. The Morgan fingerprint density at radius 2 is 1.92 bits per heavy atom. The van der Waals surface area contributed by atoms with Crippen molar-refractivity contribution in [2.24, 2.45) is 0 Å². The van der Waals surface area contributed by atoms with Crippen LogP contribution in [0, 0.1) is 0 Å². The van der Waals surface area contributed by atoms with Crippen LogP contribution in [0.3, 0.4) is 0 Å². The third-order valence-electron chi connectivity index (χ3n) is 3.14. The van der Waals surface area contributed by atoms with Crippen molar-refractivity contribution in [3.05, 3.63) is 52.9 Å². The maximum Gasteiger partial charge on any atom is 0.317 e. The molecule has 0 atom stereocenters. The van der Waals surface area contributed by atoms with E-state index in [1.54, 1.807) is 46.9 Å². The largest absolute Gasteiger partial charge is 0.494 e. The standard InChI is InChI=1S/C18H17NO3S2/c1-2-9-21-14-5-7-15(8-6-14)22-17(20)11-13-12-24-18(19-13)16-4-3-10-23-16/h3-8,10,12H,2,9,11H2,1H3. The number of hydrogen-bond acceptors (Lipinski definition) is 6. The predicted molar refractivity (Wildman–Crippen MR) is 97.0 cm³/mol. The lowest BCUT2D eigenvalue weighted by Crippen LogP contribution is -2.11. The van der Waals surface area contributed by atoms with Crippen LogP contribution in [0.5, 0.6) is 11.5 Å². The quantitative estimate of drug-likeness (QED) is 0.449. The topological polar surface area (TPSA) is 48.4 Å². The van der Waals surface area contributed by atoms with Gasteiger partial charge in [0.2, 0.25) is 0 Å². The molecular formula is C18H17NO3S2. The van der Waals surface area contributed by atoms with E-state index in [0.29, 0.717) is 12.4 Å². The molecule has 2 aromatic heterocycles. The summed E-state index contributed by atoms with van der Waals surface area (Å²) in [5.41, 5.74) is 0.733. The lowest BCUT2D eigenvalue weighted by atomic mass is 10.3. The maximum absolute atomic E-state index is 12.0. The van der Waals surface area contributed by atoms with Crippen molar-refractivity contribution in [2.45, 2.75) is 19.8 Å². The summed E-state index contributed by atoms with van der Waals surface area (Å²) in [6.45, 7) is 2.73. The third-order valence-corrected chi connectivity index (χ3v) is 5.07. The summed E-state index contributed by atoms with van der Waals surface area (Å²) < 4.78 is 10.9. The van der Waals surface area contributed by atoms with Gasteiger partial charge in [-0.3, -0.25) is 4.79 Å². The summed E-state index contributed by atoms with van der Waals surface area (Å²) in [7, 11) is 0. The fourth-order valence-electron chi connectivity index (χ4n) is 2.04. The van der Waals surface area contributed by atoms with Gasteiger partial charge in [0, 0.05) is 5.38 Å². The van der Waals surface area contributed by atoms with Crippen LogP contribution in [0.15, 0.2) is 47.2 Å². The number of thiazole rings is 1. The predicted octanol–water partition coefficient (Wildman–Crippen LogP) is 4.81. The van der Waals surface area contributed by atoms with E-state index in [1.807, 2.05) is 22.9 Å². The number of aromatic nitrogens is 1. The lowest BCUT2D eigenvalue weighted by molar-refractivity contribution is -0.133. The number of carbonyl (C=O) groups is 1. The van der Waals surface area contributed by atoms with Crippen LogP contribution in [0.4, 0.5) is 0 Å². The number of rotatable bonds is 7. The maximum atomic E-state index is 12.0. The van der Waals surface area contributed by atoms with Crippen LogP contribution in [0.1, 0.15) is 19.0 Å².